The highest BCUT2D eigenvalue weighted by Gasteiger charge is 2.25. The van der Waals surface area contributed by atoms with Crippen LogP contribution in [0.15, 0.2) is 29.3 Å². The van der Waals surface area contributed by atoms with E-state index in [0.29, 0.717) is 17.0 Å². The maximum atomic E-state index is 12.3. The fourth-order valence-corrected chi connectivity index (χ4v) is 3.38. The molecule has 3 heterocycles. The number of rotatable bonds is 7. The van der Waals surface area contributed by atoms with Crippen LogP contribution in [-0.4, -0.2) is 51.1 Å². The molecule has 1 aliphatic rings. The summed E-state index contributed by atoms with van der Waals surface area (Å²) in [5.74, 6) is -0.222. The third kappa shape index (κ3) is 3.98. The molecule has 2 aromatic heterocycles. The van der Waals surface area contributed by atoms with Crippen LogP contribution in [0, 0.1) is 13.8 Å². The number of hydrogen-bond donors (Lipinski definition) is 2. The molecule has 1 amide bonds. The number of nitrogens with one attached hydrogen (secondary N) is 2. The Balaban J connectivity index is 1.89. The molecule has 7 heteroatoms. The van der Waals surface area contributed by atoms with Crippen molar-refractivity contribution in [3.63, 3.8) is 0 Å². The summed E-state index contributed by atoms with van der Waals surface area (Å²) in [5.41, 5.74) is 8.78. The second kappa shape index (κ2) is 8.26. The summed E-state index contributed by atoms with van der Waals surface area (Å²) < 4.78 is 0. The van der Waals surface area contributed by atoms with E-state index in [1.807, 2.05) is 6.08 Å². The van der Waals surface area contributed by atoms with Gasteiger partial charge in [0.25, 0.3) is 5.91 Å². The van der Waals surface area contributed by atoms with Crippen LogP contribution in [0.4, 0.5) is 0 Å². The maximum Gasteiger partial charge on any atom is 0.273 e. The summed E-state index contributed by atoms with van der Waals surface area (Å²) in [5, 5.41) is 4.14. The summed E-state index contributed by atoms with van der Waals surface area (Å²) in [4.78, 5) is 26.3. The summed E-state index contributed by atoms with van der Waals surface area (Å²) in [6.45, 7) is 11.7. The van der Waals surface area contributed by atoms with Gasteiger partial charge in [0.2, 0.25) is 0 Å². The van der Waals surface area contributed by atoms with Gasteiger partial charge in [0.1, 0.15) is 12.0 Å². The molecular formula is C20H26N6O. The minimum absolute atomic E-state index is 0.222. The summed E-state index contributed by atoms with van der Waals surface area (Å²) >= 11 is 0. The van der Waals surface area contributed by atoms with Crippen molar-refractivity contribution < 1.29 is 4.79 Å². The van der Waals surface area contributed by atoms with Crippen molar-refractivity contribution in [1.82, 2.24) is 25.3 Å². The van der Waals surface area contributed by atoms with Crippen molar-refractivity contribution in [2.24, 2.45) is 5.10 Å². The predicted octanol–water partition coefficient (Wildman–Crippen LogP) is 2.22. The zero-order valence-corrected chi connectivity index (χ0v) is 16.3. The number of aryl methyl sites for hydroxylation is 1. The molecule has 0 radical (unpaired) electrons. The smallest absolute Gasteiger partial charge is 0.273 e. The van der Waals surface area contributed by atoms with Crippen molar-refractivity contribution >= 4 is 17.7 Å². The average Bonchev–Trinajstić information content (AvgIpc) is 3.17. The average molecular weight is 366 g/mol. The highest BCUT2D eigenvalue weighted by Crippen LogP contribution is 2.23. The Bertz CT molecular complexity index is 877. The molecule has 2 N–H and O–H groups in total. The summed E-state index contributed by atoms with van der Waals surface area (Å²) in [6, 6.07) is 1.75. The highest BCUT2D eigenvalue weighted by atomic mass is 16.2. The Morgan fingerprint density at radius 1 is 1.22 bits per heavy atom. The Morgan fingerprint density at radius 2 is 2.00 bits per heavy atom. The van der Waals surface area contributed by atoms with E-state index in [0.717, 1.165) is 37.4 Å². The lowest BCUT2D eigenvalue weighted by Gasteiger charge is -2.17. The molecule has 0 fully saturated rings. The molecule has 0 unspecified atom stereocenters. The van der Waals surface area contributed by atoms with Gasteiger partial charge in [-0.25, -0.2) is 15.4 Å². The number of aromatic amines is 1. The first kappa shape index (κ1) is 19.0. The molecule has 2 aromatic rings. The van der Waals surface area contributed by atoms with E-state index in [1.165, 1.54) is 17.5 Å². The van der Waals surface area contributed by atoms with Gasteiger partial charge >= 0.3 is 0 Å². The summed E-state index contributed by atoms with van der Waals surface area (Å²) in [7, 11) is 0. The number of H-pyrrole nitrogens is 1. The monoisotopic (exact) mass is 366 g/mol. The number of hydrogen-bond acceptors (Lipinski definition) is 5. The van der Waals surface area contributed by atoms with E-state index in [-0.39, 0.29) is 5.91 Å². The fraction of sp³-hybridized carbons (Fsp3) is 0.400. The SMILES string of the molecule is CCN(CC)CCc1c(C)[nH]c(/C=C2/C(=O)NN=C2c2ccncn2)c1C. The summed E-state index contributed by atoms with van der Waals surface area (Å²) in [6.07, 6.45) is 5.94. The Hall–Kier alpha value is -2.80. The number of carbonyl (C=O) groups excluding carboxylic acids is 1. The largest absolute Gasteiger partial charge is 0.359 e. The van der Waals surface area contributed by atoms with Crippen LogP contribution < -0.4 is 5.43 Å². The van der Waals surface area contributed by atoms with E-state index in [4.69, 9.17) is 0 Å². The number of aromatic nitrogens is 3. The predicted molar refractivity (Wildman–Crippen MR) is 106 cm³/mol. The molecule has 0 bridgehead atoms. The van der Waals surface area contributed by atoms with Crippen molar-refractivity contribution in [2.45, 2.75) is 34.1 Å². The van der Waals surface area contributed by atoms with Crippen molar-refractivity contribution in [3.8, 4) is 0 Å². The molecular weight excluding hydrogens is 340 g/mol. The van der Waals surface area contributed by atoms with E-state index >= 15 is 0 Å². The normalized spacial score (nSPS) is 15.5. The second-order valence-corrected chi connectivity index (χ2v) is 6.60. The molecule has 0 saturated heterocycles. The first-order chi connectivity index (χ1) is 13.0. The van der Waals surface area contributed by atoms with Gasteiger partial charge in [-0.05, 0) is 56.6 Å². The Morgan fingerprint density at radius 3 is 2.67 bits per heavy atom. The van der Waals surface area contributed by atoms with E-state index in [2.05, 4.69) is 58.1 Å². The van der Waals surface area contributed by atoms with Crippen LogP contribution in [0.2, 0.25) is 0 Å². The van der Waals surface area contributed by atoms with Gasteiger partial charge < -0.3 is 9.88 Å². The Kier molecular flexibility index (Phi) is 5.81. The van der Waals surface area contributed by atoms with Crippen molar-refractivity contribution in [3.05, 3.63) is 52.4 Å². The van der Waals surface area contributed by atoms with E-state index in [1.54, 1.807) is 12.3 Å². The maximum absolute atomic E-state index is 12.3. The molecule has 142 valence electrons. The van der Waals surface area contributed by atoms with Crippen molar-refractivity contribution in [2.75, 3.05) is 19.6 Å². The number of amides is 1. The lowest BCUT2D eigenvalue weighted by molar-refractivity contribution is -0.116. The lowest BCUT2D eigenvalue weighted by Crippen LogP contribution is -2.25. The van der Waals surface area contributed by atoms with Gasteiger partial charge in [0.15, 0.2) is 0 Å². The first-order valence-electron chi connectivity index (χ1n) is 9.32. The molecule has 27 heavy (non-hydrogen) atoms. The number of hydrazone groups is 1. The second-order valence-electron chi connectivity index (χ2n) is 6.60. The van der Waals surface area contributed by atoms with Gasteiger partial charge in [-0.3, -0.25) is 4.79 Å². The highest BCUT2D eigenvalue weighted by molar-refractivity contribution is 6.32. The van der Waals surface area contributed by atoms with Gasteiger partial charge in [-0.2, -0.15) is 5.10 Å². The molecule has 0 aliphatic carbocycles. The van der Waals surface area contributed by atoms with Crippen molar-refractivity contribution in [1.29, 1.82) is 0 Å². The quantitative estimate of drug-likeness (QED) is 0.736. The van der Waals surface area contributed by atoms with Crippen LogP contribution in [0.25, 0.3) is 6.08 Å². The minimum Gasteiger partial charge on any atom is -0.359 e. The molecule has 0 saturated carbocycles. The van der Waals surface area contributed by atoms with Crippen LogP contribution in [-0.2, 0) is 11.2 Å². The van der Waals surface area contributed by atoms with Crippen LogP contribution >= 0.6 is 0 Å². The zero-order chi connectivity index (χ0) is 19.4. The molecule has 0 atom stereocenters. The number of likely N-dealkylation sites (N-methyl/N-ethyl adjacent to an activating group) is 1. The van der Waals surface area contributed by atoms with Gasteiger partial charge in [0, 0.05) is 24.1 Å². The topological polar surface area (TPSA) is 86.3 Å². The minimum atomic E-state index is -0.222. The molecule has 0 spiro atoms. The van der Waals surface area contributed by atoms with Gasteiger partial charge in [-0.1, -0.05) is 13.8 Å². The molecule has 1 aliphatic heterocycles. The Labute approximate surface area is 159 Å². The zero-order valence-electron chi connectivity index (χ0n) is 16.3. The van der Waals surface area contributed by atoms with E-state index < -0.39 is 0 Å². The lowest BCUT2D eigenvalue weighted by atomic mass is 10.0. The van der Waals surface area contributed by atoms with Gasteiger partial charge in [-0.15, -0.1) is 0 Å². The fourth-order valence-electron chi connectivity index (χ4n) is 3.38. The number of nitrogens with zero attached hydrogens (tertiary/aromatic N) is 4. The molecule has 7 nitrogen and oxygen atoms in total. The van der Waals surface area contributed by atoms with E-state index in [9.17, 15) is 4.79 Å². The van der Waals surface area contributed by atoms with Crippen LogP contribution in [0.1, 0.15) is 42.1 Å². The third-order valence-electron chi connectivity index (χ3n) is 5.09. The molecule has 0 aromatic carbocycles. The van der Waals surface area contributed by atoms with Crippen LogP contribution in [0.3, 0.4) is 0 Å². The standard InChI is InChI=1S/C20H26N6O/c1-5-26(6-2)10-8-15-13(3)18(23-14(15)4)11-16-19(24-25-20(16)27)17-7-9-21-12-22-17/h7,9,11-12,23H,5-6,8,10H2,1-4H3,(H,25,27)/b16-11+. The molecule has 3 rings (SSSR count). The van der Waals surface area contributed by atoms with Gasteiger partial charge in [0.05, 0.1) is 11.3 Å². The third-order valence-corrected chi connectivity index (χ3v) is 5.09. The van der Waals surface area contributed by atoms with Crippen LogP contribution in [0.5, 0.6) is 0 Å². The number of carbonyl (C=O) groups is 1. The first-order valence-corrected chi connectivity index (χ1v) is 9.32.